The molecule has 8 heteroatoms. The number of ketones is 1. The molecule has 1 aliphatic rings. The highest BCUT2D eigenvalue weighted by Gasteiger charge is 2.37. The fourth-order valence-corrected chi connectivity index (χ4v) is 2.50. The number of rotatable bonds is 3. The lowest BCUT2D eigenvalue weighted by Crippen LogP contribution is -2.36. The largest absolute Gasteiger partial charge is 0.303 e. The van der Waals surface area contributed by atoms with Crippen molar-refractivity contribution in [3.63, 3.8) is 0 Å². The van der Waals surface area contributed by atoms with Gasteiger partial charge in [0.05, 0.1) is 11.3 Å². The predicted octanol–water partition coefficient (Wildman–Crippen LogP) is 0.498. The summed E-state index contributed by atoms with van der Waals surface area (Å²) in [5.41, 5.74) is 2.20. The maximum absolute atomic E-state index is 13.2. The van der Waals surface area contributed by atoms with E-state index in [1.807, 2.05) is 5.43 Å². The Kier molecular flexibility index (Phi) is 3.63. The van der Waals surface area contributed by atoms with Gasteiger partial charge in [-0.15, -0.1) is 0 Å². The first kappa shape index (κ1) is 13.6. The summed E-state index contributed by atoms with van der Waals surface area (Å²) in [5, 5.41) is 0. The molecule has 0 radical (unpaired) electrons. The summed E-state index contributed by atoms with van der Waals surface area (Å²) >= 11 is 3.11. The van der Waals surface area contributed by atoms with Crippen LogP contribution in [0.25, 0.3) is 0 Å². The van der Waals surface area contributed by atoms with E-state index in [0.717, 1.165) is 17.0 Å². The standard InChI is InChI=1S/C11H9BrFN3O3/c12-7-4-5(13)3-6-9(7)16(11(19)10(6)18)2-1-8(17)15-14/h3-4H,1-2,14H2,(H,15,17). The number of nitrogens with zero attached hydrogens (tertiary/aromatic N) is 1. The van der Waals surface area contributed by atoms with Crippen molar-refractivity contribution in [1.29, 1.82) is 0 Å². The van der Waals surface area contributed by atoms with Gasteiger partial charge >= 0.3 is 0 Å². The summed E-state index contributed by atoms with van der Waals surface area (Å²) in [4.78, 5) is 35.7. The SMILES string of the molecule is NNC(=O)CCN1C(=O)C(=O)c2cc(F)cc(Br)c21. The Morgan fingerprint density at radius 3 is 2.74 bits per heavy atom. The van der Waals surface area contributed by atoms with Crippen LogP contribution in [-0.2, 0) is 9.59 Å². The van der Waals surface area contributed by atoms with Crippen LogP contribution >= 0.6 is 15.9 Å². The van der Waals surface area contributed by atoms with Crippen LogP contribution < -0.4 is 16.2 Å². The van der Waals surface area contributed by atoms with E-state index in [1.54, 1.807) is 0 Å². The number of halogens is 2. The van der Waals surface area contributed by atoms with Crippen LogP contribution in [0.4, 0.5) is 10.1 Å². The lowest BCUT2D eigenvalue weighted by Gasteiger charge is -2.17. The number of amides is 2. The first-order valence-corrected chi connectivity index (χ1v) is 6.09. The zero-order valence-corrected chi connectivity index (χ0v) is 11.2. The molecule has 0 saturated heterocycles. The zero-order chi connectivity index (χ0) is 14.2. The normalized spacial score (nSPS) is 13.7. The highest BCUT2D eigenvalue weighted by Crippen LogP contribution is 2.36. The number of benzene rings is 1. The molecule has 6 nitrogen and oxygen atoms in total. The third kappa shape index (κ3) is 2.36. The third-order valence-corrected chi connectivity index (χ3v) is 3.31. The van der Waals surface area contributed by atoms with Crippen LogP contribution in [0.2, 0.25) is 0 Å². The van der Waals surface area contributed by atoms with Crippen molar-refractivity contribution in [2.45, 2.75) is 6.42 Å². The van der Waals surface area contributed by atoms with E-state index in [2.05, 4.69) is 15.9 Å². The molecular formula is C11H9BrFN3O3. The van der Waals surface area contributed by atoms with Gasteiger partial charge in [-0.25, -0.2) is 10.2 Å². The van der Waals surface area contributed by atoms with Gasteiger partial charge in [-0.1, -0.05) is 0 Å². The molecule has 0 fully saturated rings. The van der Waals surface area contributed by atoms with Crippen molar-refractivity contribution in [3.8, 4) is 0 Å². The van der Waals surface area contributed by atoms with E-state index < -0.39 is 23.4 Å². The summed E-state index contributed by atoms with van der Waals surface area (Å²) in [6, 6.07) is 2.16. The van der Waals surface area contributed by atoms with Crippen molar-refractivity contribution in [1.82, 2.24) is 5.43 Å². The predicted molar refractivity (Wildman–Crippen MR) is 67.7 cm³/mol. The Labute approximate surface area is 115 Å². The summed E-state index contributed by atoms with van der Waals surface area (Å²) in [7, 11) is 0. The monoisotopic (exact) mass is 329 g/mol. The summed E-state index contributed by atoms with van der Waals surface area (Å²) < 4.78 is 13.5. The number of fused-ring (bicyclic) bond motifs is 1. The smallest absolute Gasteiger partial charge is 0.299 e. The number of hydrazine groups is 1. The first-order chi connectivity index (χ1) is 8.95. The van der Waals surface area contributed by atoms with Crippen molar-refractivity contribution in [2.24, 2.45) is 5.84 Å². The average molecular weight is 330 g/mol. The summed E-state index contributed by atoms with van der Waals surface area (Å²) in [6.45, 7) is -0.00909. The summed E-state index contributed by atoms with van der Waals surface area (Å²) in [5.74, 6) is 2.28. The average Bonchev–Trinajstić information content (AvgIpc) is 2.60. The lowest BCUT2D eigenvalue weighted by atomic mass is 10.1. The molecule has 0 spiro atoms. The fourth-order valence-electron chi connectivity index (χ4n) is 1.85. The minimum absolute atomic E-state index is 0.00909. The van der Waals surface area contributed by atoms with E-state index in [4.69, 9.17) is 5.84 Å². The number of nitrogens with two attached hydrogens (primary N) is 1. The van der Waals surface area contributed by atoms with Gasteiger partial charge in [-0.2, -0.15) is 0 Å². The van der Waals surface area contributed by atoms with Crippen molar-refractivity contribution in [3.05, 3.63) is 28.0 Å². The Hall–Kier alpha value is -1.80. The molecular weight excluding hydrogens is 321 g/mol. The second-order valence-electron chi connectivity index (χ2n) is 3.89. The molecule has 2 rings (SSSR count). The number of anilines is 1. The molecule has 19 heavy (non-hydrogen) atoms. The second-order valence-corrected chi connectivity index (χ2v) is 4.74. The van der Waals surface area contributed by atoms with Gasteiger partial charge in [0.25, 0.3) is 11.7 Å². The molecule has 2 amide bonds. The molecule has 1 heterocycles. The van der Waals surface area contributed by atoms with E-state index in [-0.39, 0.29) is 28.7 Å². The van der Waals surface area contributed by atoms with Crippen LogP contribution in [-0.4, -0.2) is 24.1 Å². The third-order valence-electron chi connectivity index (χ3n) is 2.71. The number of nitrogens with one attached hydrogen (secondary N) is 1. The van der Waals surface area contributed by atoms with Gasteiger partial charge in [-0.3, -0.25) is 19.8 Å². The topological polar surface area (TPSA) is 92.5 Å². The molecule has 0 atom stereocenters. The van der Waals surface area contributed by atoms with Crippen LogP contribution in [0.3, 0.4) is 0 Å². The first-order valence-electron chi connectivity index (χ1n) is 5.30. The van der Waals surface area contributed by atoms with E-state index >= 15 is 0 Å². The van der Waals surface area contributed by atoms with E-state index in [9.17, 15) is 18.8 Å². The molecule has 1 aromatic rings. The highest BCUT2D eigenvalue weighted by atomic mass is 79.9. The number of carbonyl (C=O) groups is 3. The van der Waals surface area contributed by atoms with Gasteiger partial charge in [0.15, 0.2) is 0 Å². The molecule has 0 unspecified atom stereocenters. The number of Topliss-reactive ketones (excluding diaryl/α,β-unsaturated/α-hetero) is 1. The highest BCUT2D eigenvalue weighted by molar-refractivity contribution is 9.10. The molecule has 100 valence electrons. The van der Waals surface area contributed by atoms with Crippen LogP contribution in [0, 0.1) is 5.82 Å². The van der Waals surface area contributed by atoms with Crippen LogP contribution in [0.1, 0.15) is 16.8 Å². The van der Waals surface area contributed by atoms with E-state index in [0.29, 0.717) is 0 Å². The van der Waals surface area contributed by atoms with Gasteiger partial charge in [0.1, 0.15) is 5.82 Å². The van der Waals surface area contributed by atoms with Gasteiger partial charge in [0, 0.05) is 17.4 Å². The molecule has 0 saturated carbocycles. The Morgan fingerprint density at radius 2 is 2.11 bits per heavy atom. The van der Waals surface area contributed by atoms with Crippen LogP contribution in [0.15, 0.2) is 16.6 Å². The number of hydrogen-bond acceptors (Lipinski definition) is 4. The van der Waals surface area contributed by atoms with Crippen molar-refractivity contribution < 1.29 is 18.8 Å². The minimum Gasteiger partial charge on any atom is -0.303 e. The van der Waals surface area contributed by atoms with E-state index in [1.165, 1.54) is 0 Å². The molecule has 3 N–H and O–H groups in total. The number of hydrogen-bond donors (Lipinski definition) is 2. The van der Waals surface area contributed by atoms with Crippen molar-refractivity contribution >= 4 is 39.2 Å². The fraction of sp³-hybridized carbons (Fsp3) is 0.182. The Morgan fingerprint density at radius 1 is 1.42 bits per heavy atom. The Bertz CT molecular complexity index is 591. The quantitative estimate of drug-likeness (QED) is 0.365. The number of carbonyl (C=O) groups excluding carboxylic acids is 3. The maximum atomic E-state index is 13.2. The zero-order valence-electron chi connectivity index (χ0n) is 9.57. The second kappa shape index (κ2) is 5.06. The molecule has 1 aromatic carbocycles. The van der Waals surface area contributed by atoms with Crippen molar-refractivity contribution in [2.75, 3.05) is 11.4 Å². The Balaban J connectivity index is 2.36. The molecule has 0 aromatic heterocycles. The van der Waals surface area contributed by atoms with Gasteiger partial charge in [0.2, 0.25) is 5.91 Å². The molecule has 0 aliphatic carbocycles. The summed E-state index contributed by atoms with van der Waals surface area (Å²) in [6.07, 6.45) is -0.0568. The van der Waals surface area contributed by atoms with Gasteiger partial charge in [-0.05, 0) is 28.1 Å². The van der Waals surface area contributed by atoms with Crippen LogP contribution in [0.5, 0.6) is 0 Å². The molecule has 1 aliphatic heterocycles. The van der Waals surface area contributed by atoms with Gasteiger partial charge < -0.3 is 4.90 Å². The lowest BCUT2D eigenvalue weighted by molar-refractivity contribution is -0.121. The molecule has 0 bridgehead atoms. The minimum atomic E-state index is -0.789. The maximum Gasteiger partial charge on any atom is 0.299 e.